The first-order valence-electron chi connectivity index (χ1n) is 9.31. The number of nitrogens with one attached hydrogen (secondary N) is 1. The molecular formula is C22H20ClFN4O3. The van der Waals surface area contributed by atoms with Crippen molar-refractivity contribution in [2.75, 3.05) is 11.9 Å². The highest BCUT2D eigenvalue weighted by atomic mass is 35.5. The fourth-order valence-electron chi connectivity index (χ4n) is 2.51. The molecule has 1 N–H and O–H groups in total. The second-order valence-corrected chi connectivity index (χ2v) is 8.23. The molecule has 2 aromatic carbocycles. The van der Waals surface area contributed by atoms with E-state index in [2.05, 4.69) is 16.5 Å². The number of hydrogen-bond acceptors (Lipinski definition) is 5. The van der Waals surface area contributed by atoms with Crippen LogP contribution in [0.1, 0.15) is 26.3 Å². The minimum Gasteiger partial charge on any atom is -0.492 e. The van der Waals surface area contributed by atoms with Crippen molar-refractivity contribution in [3.8, 4) is 23.3 Å². The van der Waals surface area contributed by atoms with E-state index in [1.165, 1.54) is 41.2 Å². The normalized spacial score (nSPS) is 11.0. The van der Waals surface area contributed by atoms with Gasteiger partial charge in [-0.1, -0.05) is 32.4 Å². The Morgan fingerprint density at radius 3 is 2.58 bits per heavy atom. The molecule has 1 amide bonds. The number of halogens is 2. The average Bonchev–Trinajstić information content (AvgIpc) is 3.07. The Kier molecular flexibility index (Phi) is 6.47. The Bertz CT molecular complexity index is 1130. The number of anilines is 1. The summed E-state index contributed by atoms with van der Waals surface area (Å²) in [7, 11) is 0. The van der Waals surface area contributed by atoms with E-state index in [9.17, 15) is 14.4 Å². The maximum atomic E-state index is 13.1. The Labute approximate surface area is 184 Å². The topological polar surface area (TPSA) is 89.2 Å². The molecule has 0 aliphatic rings. The minimum absolute atomic E-state index is 0.0223. The molecule has 3 aromatic rings. The van der Waals surface area contributed by atoms with Crippen LogP contribution in [0.5, 0.6) is 11.5 Å². The summed E-state index contributed by atoms with van der Waals surface area (Å²) in [5.74, 6) is 0.0588. The van der Waals surface area contributed by atoms with Crippen molar-refractivity contribution >= 4 is 23.4 Å². The largest absolute Gasteiger partial charge is 0.492 e. The van der Waals surface area contributed by atoms with Crippen LogP contribution in [0.2, 0.25) is 5.15 Å². The van der Waals surface area contributed by atoms with E-state index in [-0.39, 0.29) is 21.9 Å². The van der Waals surface area contributed by atoms with Gasteiger partial charge in [0, 0.05) is 5.69 Å². The second kappa shape index (κ2) is 9.06. The van der Waals surface area contributed by atoms with Crippen LogP contribution >= 0.6 is 11.6 Å². The molecule has 1 heterocycles. The van der Waals surface area contributed by atoms with Crippen LogP contribution in [0.15, 0.2) is 48.7 Å². The maximum absolute atomic E-state index is 13.1. The average molecular weight is 443 g/mol. The molecule has 3 rings (SSSR count). The number of aromatic nitrogens is 2. The molecule has 0 aliphatic heterocycles. The van der Waals surface area contributed by atoms with Gasteiger partial charge in [-0.2, -0.15) is 10.4 Å². The number of carbonyl (C=O) groups is 1. The number of rotatable bonds is 5. The molecule has 0 bridgehead atoms. The molecule has 0 fully saturated rings. The lowest BCUT2D eigenvalue weighted by molar-refractivity contribution is 0.197. The highest BCUT2D eigenvalue weighted by Gasteiger charge is 2.17. The second-order valence-electron chi connectivity index (χ2n) is 7.87. The van der Waals surface area contributed by atoms with E-state index in [1.54, 1.807) is 12.1 Å². The summed E-state index contributed by atoms with van der Waals surface area (Å²) in [4.78, 5) is 12.3. The number of ether oxygens (including phenoxy) is 2. The molecule has 0 unspecified atom stereocenters. The zero-order valence-corrected chi connectivity index (χ0v) is 17.9. The van der Waals surface area contributed by atoms with Gasteiger partial charge < -0.3 is 9.47 Å². The summed E-state index contributed by atoms with van der Waals surface area (Å²) in [6, 6.07) is 12.3. The molecule has 0 spiro atoms. The first-order chi connectivity index (χ1) is 14.7. The van der Waals surface area contributed by atoms with Crippen molar-refractivity contribution in [1.82, 2.24) is 9.78 Å². The predicted octanol–water partition coefficient (Wildman–Crippen LogP) is 5.57. The van der Waals surface area contributed by atoms with Crippen LogP contribution in [0.25, 0.3) is 5.69 Å². The van der Waals surface area contributed by atoms with Crippen LogP contribution in [0.3, 0.4) is 0 Å². The van der Waals surface area contributed by atoms with Gasteiger partial charge in [0.15, 0.2) is 10.9 Å². The Hall–Kier alpha value is -3.57. The smallest absolute Gasteiger partial charge is 0.417 e. The third kappa shape index (κ3) is 5.74. The van der Waals surface area contributed by atoms with E-state index in [4.69, 9.17) is 21.1 Å². The summed E-state index contributed by atoms with van der Waals surface area (Å²) >= 11 is 6.23. The SMILES string of the molecule is CC(C)(C)COc1ccc(NC(=O)Oc2cnn(-c3ccc(F)cc3)c2Cl)cc1C#N. The summed E-state index contributed by atoms with van der Waals surface area (Å²) in [6.45, 7) is 6.50. The molecule has 31 heavy (non-hydrogen) atoms. The molecule has 0 radical (unpaired) electrons. The van der Waals surface area contributed by atoms with Crippen molar-refractivity contribution in [2.24, 2.45) is 5.41 Å². The van der Waals surface area contributed by atoms with Crippen molar-refractivity contribution in [1.29, 1.82) is 5.26 Å². The van der Waals surface area contributed by atoms with E-state index < -0.39 is 11.9 Å². The standard InChI is InChI=1S/C22H20ClFN4O3/c1-22(2,3)13-30-18-9-6-16(10-14(18)11-25)27-21(29)31-19-12-26-28(20(19)23)17-7-4-15(24)5-8-17/h4-10,12H,13H2,1-3H3,(H,27,29). The fraction of sp³-hybridized carbons (Fsp3) is 0.227. The van der Waals surface area contributed by atoms with Gasteiger partial charge in [-0.15, -0.1) is 0 Å². The molecule has 160 valence electrons. The monoisotopic (exact) mass is 442 g/mol. The lowest BCUT2D eigenvalue weighted by atomic mass is 9.98. The number of hydrogen-bond donors (Lipinski definition) is 1. The third-order valence-electron chi connectivity index (χ3n) is 3.96. The Morgan fingerprint density at radius 1 is 1.23 bits per heavy atom. The predicted molar refractivity (Wildman–Crippen MR) is 114 cm³/mol. The molecule has 0 aliphatic carbocycles. The van der Waals surface area contributed by atoms with Gasteiger partial charge >= 0.3 is 6.09 Å². The number of nitrogens with zero attached hydrogens (tertiary/aromatic N) is 3. The zero-order valence-electron chi connectivity index (χ0n) is 17.1. The van der Waals surface area contributed by atoms with Crippen LogP contribution in [-0.2, 0) is 0 Å². The van der Waals surface area contributed by atoms with E-state index >= 15 is 0 Å². The molecular weight excluding hydrogens is 423 g/mol. The summed E-state index contributed by atoms with van der Waals surface area (Å²) < 4.78 is 25.3. The molecule has 0 saturated heterocycles. The van der Waals surface area contributed by atoms with Gasteiger partial charge in [-0.05, 0) is 47.9 Å². The lowest BCUT2D eigenvalue weighted by Gasteiger charge is -2.19. The van der Waals surface area contributed by atoms with Crippen LogP contribution < -0.4 is 14.8 Å². The zero-order chi connectivity index (χ0) is 22.6. The van der Waals surface area contributed by atoms with Crippen LogP contribution in [0, 0.1) is 22.6 Å². The first-order valence-corrected chi connectivity index (χ1v) is 9.69. The highest BCUT2D eigenvalue weighted by Crippen LogP contribution is 2.28. The van der Waals surface area contributed by atoms with Crippen molar-refractivity contribution in [2.45, 2.75) is 20.8 Å². The van der Waals surface area contributed by atoms with Crippen LogP contribution in [-0.4, -0.2) is 22.5 Å². The van der Waals surface area contributed by atoms with Gasteiger partial charge in [0.2, 0.25) is 0 Å². The van der Waals surface area contributed by atoms with Crippen molar-refractivity contribution in [3.05, 3.63) is 65.2 Å². The third-order valence-corrected chi connectivity index (χ3v) is 4.31. The molecule has 1 aromatic heterocycles. The van der Waals surface area contributed by atoms with Gasteiger partial charge in [-0.3, -0.25) is 5.32 Å². The van der Waals surface area contributed by atoms with Crippen LogP contribution in [0.4, 0.5) is 14.9 Å². The molecule has 9 heteroatoms. The number of nitriles is 1. The number of benzene rings is 2. The fourth-order valence-corrected chi connectivity index (χ4v) is 2.74. The van der Waals surface area contributed by atoms with Crippen molar-refractivity contribution in [3.63, 3.8) is 0 Å². The van der Waals surface area contributed by atoms with Gasteiger partial charge in [0.25, 0.3) is 0 Å². The minimum atomic E-state index is -0.812. The van der Waals surface area contributed by atoms with Gasteiger partial charge in [0.05, 0.1) is 24.1 Å². The maximum Gasteiger partial charge on any atom is 0.417 e. The lowest BCUT2D eigenvalue weighted by Crippen LogP contribution is -2.18. The van der Waals surface area contributed by atoms with Gasteiger partial charge in [0.1, 0.15) is 17.6 Å². The summed E-state index contributed by atoms with van der Waals surface area (Å²) in [6.07, 6.45) is 0.461. The summed E-state index contributed by atoms with van der Waals surface area (Å²) in [5, 5.41) is 16.0. The highest BCUT2D eigenvalue weighted by molar-refractivity contribution is 6.31. The number of carbonyl (C=O) groups excluding carboxylic acids is 1. The summed E-state index contributed by atoms with van der Waals surface area (Å²) in [5.41, 5.74) is 1.08. The Morgan fingerprint density at radius 2 is 1.94 bits per heavy atom. The molecule has 0 saturated carbocycles. The quantitative estimate of drug-likeness (QED) is 0.557. The number of amides is 1. The van der Waals surface area contributed by atoms with Crippen molar-refractivity contribution < 1.29 is 18.7 Å². The Balaban J connectivity index is 1.68. The van der Waals surface area contributed by atoms with E-state index in [0.29, 0.717) is 23.7 Å². The van der Waals surface area contributed by atoms with Gasteiger partial charge in [-0.25, -0.2) is 13.9 Å². The molecule has 7 nitrogen and oxygen atoms in total. The molecule has 0 atom stereocenters. The van der Waals surface area contributed by atoms with E-state index in [1.807, 2.05) is 20.8 Å². The first kappa shape index (κ1) is 22.1. The van der Waals surface area contributed by atoms with E-state index in [0.717, 1.165) is 0 Å².